The monoisotopic (exact) mass is 270 g/mol. The number of rotatable bonds is 5. The fourth-order valence-electron chi connectivity index (χ4n) is 2.55. The van der Waals surface area contributed by atoms with Gasteiger partial charge in [-0.3, -0.25) is 4.98 Å². The first-order chi connectivity index (χ1) is 9.62. The first kappa shape index (κ1) is 14.5. The van der Waals surface area contributed by atoms with E-state index in [4.69, 9.17) is 4.74 Å². The van der Waals surface area contributed by atoms with E-state index in [-0.39, 0.29) is 6.04 Å². The second-order valence-corrected chi connectivity index (χ2v) is 5.20. The van der Waals surface area contributed by atoms with Gasteiger partial charge in [0.25, 0.3) is 0 Å². The van der Waals surface area contributed by atoms with E-state index in [1.165, 1.54) is 16.7 Å². The molecule has 1 unspecified atom stereocenters. The zero-order chi connectivity index (χ0) is 14.5. The van der Waals surface area contributed by atoms with Crippen LogP contribution in [0.3, 0.4) is 0 Å². The summed E-state index contributed by atoms with van der Waals surface area (Å²) in [6.45, 7) is 4.27. The van der Waals surface area contributed by atoms with Gasteiger partial charge in [0, 0.05) is 12.2 Å². The van der Waals surface area contributed by atoms with Crippen molar-refractivity contribution in [1.29, 1.82) is 0 Å². The van der Waals surface area contributed by atoms with E-state index < -0.39 is 0 Å². The van der Waals surface area contributed by atoms with Crippen molar-refractivity contribution < 1.29 is 4.74 Å². The molecule has 0 aliphatic rings. The van der Waals surface area contributed by atoms with Gasteiger partial charge in [-0.15, -0.1) is 0 Å². The maximum absolute atomic E-state index is 5.25. The van der Waals surface area contributed by atoms with Crippen molar-refractivity contribution in [3.8, 4) is 5.75 Å². The van der Waals surface area contributed by atoms with Gasteiger partial charge in [-0.25, -0.2) is 0 Å². The van der Waals surface area contributed by atoms with E-state index >= 15 is 0 Å². The lowest BCUT2D eigenvalue weighted by molar-refractivity contribution is 0.411. The zero-order valence-corrected chi connectivity index (χ0v) is 12.6. The maximum Gasteiger partial charge on any atom is 0.137 e. The molecule has 3 heteroatoms. The van der Waals surface area contributed by atoms with Gasteiger partial charge in [0.2, 0.25) is 0 Å². The van der Waals surface area contributed by atoms with Crippen LogP contribution < -0.4 is 10.1 Å². The maximum atomic E-state index is 5.25. The van der Waals surface area contributed by atoms with E-state index in [9.17, 15) is 0 Å². The van der Waals surface area contributed by atoms with Crippen LogP contribution in [-0.2, 0) is 6.42 Å². The molecule has 0 saturated heterocycles. The van der Waals surface area contributed by atoms with Gasteiger partial charge in [-0.1, -0.05) is 29.3 Å². The highest BCUT2D eigenvalue weighted by Gasteiger charge is 2.12. The standard InChI is InChI=1S/C17H22N2O/c1-12-5-13(2)7-14(6-12)8-17(18-3)15-9-16(20-4)11-19-10-15/h5-7,9-11,17-18H,8H2,1-4H3. The minimum atomic E-state index is 0.235. The van der Waals surface area contributed by atoms with Crippen LogP contribution in [0.5, 0.6) is 5.75 Å². The molecule has 1 aromatic carbocycles. The molecule has 0 radical (unpaired) electrons. The van der Waals surface area contributed by atoms with Crippen molar-refractivity contribution in [2.45, 2.75) is 26.3 Å². The first-order valence-electron chi connectivity index (χ1n) is 6.85. The van der Waals surface area contributed by atoms with Crippen LogP contribution in [0.15, 0.2) is 36.7 Å². The summed E-state index contributed by atoms with van der Waals surface area (Å²) >= 11 is 0. The van der Waals surface area contributed by atoms with Crippen LogP contribution in [-0.4, -0.2) is 19.1 Å². The molecule has 2 rings (SSSR count). The minimum Gasteiger partial charge on any atom is -0.495 e. The van der Waals surface area contributed by atoms with Crippen LogP contribution in [0.1, 0.15) is 28.3 Å². The number of aromatic nitrogens is 1. The third kappa shape index (κ3) is 3.58. The molecule has 0 bridgehead atoms. The Morgan fingerprint density at radius 1 is 1.10 bits per heavy atom. The van der Waals surface area contributed by atoms with Gasteiger partial charge in [0.05, 0.1) is 13.3 Å². The second kappa shape index (κ2) is 6.53. The normalized spacial score (nSPS) is 12.2. The molecule has 0 aliphatic heterocycles. The lowest BCUT2D eigenvalue weighted by atomic mass is 9.97. The molecule has 2 aromatic rings. The Morgan fingerprint density at radius 3 is 2.40 bits per heavy atom. The number of methoxy groups -OCH3 is 1. The van der Waals surface area contributed by atoms with Gasteiger partial charge < -0.3 is 10.1 Å². The zero-order valence-electron chi connectivity index (χ0n) is 12.6. The van der Waals surface area contributed by atoms with Crippen LogP contribution in [0.25, 0.3) is 0 Å². The summed E-state index contributed by atoms with van der Waals surface area (Å²) in [6, 6.07) is 8.95. The average Bonchev–Trinajstić information content (AvgIpc) is 2.44. The summed E-state index contributed by atoms with van der Waals surface area (Å²) in [5.74, 6) is 0.795. The molecular formula is C17H22N2O. The quantitative estimate of drug-likeness (QED) is 0.906. The van der Waals surface area contributed by atoms with E-state index in [0.717, 1.165) is 17.7 Å². The summed E-state index contributed by atoms with van der Waals surface area (Å²) < 4.78 is 5.25. The molecule has 3 nitrogen and oxygen atoms in total. The van der Waals surface area contributed by atoms with Crippen molar-refractivity contribution >= 4 is 0 Å². The number of likely N-dealkylation sites (N-methyl/N-ethyl adjacent to an activating group) is 1. The highest BCUT2D eigenvalue weighted by Crippen LogP contribution is 2.22. The lowest BCUT2D eigenvalue weighted by Gasteiger charge is -2.17. The van der Waals surface area contributed by atoms with Crippen molar-refractivity contribution in [3.63, 3.8) is 0 Å². The van der Waals surface area contributed by atoms with Crippen LogP contribution >= 0.6 is 0 Å². The Kier molecular flexibility index (Phi) is 4.74. The highest BCUT2D eigenvalue weighted by atomic mass is 16.5. The van der Waals surface area contributed by atoms with Crippen molar-refractivity contribution in [1.82, 2.24) is 10.3 Å². The minimum absolute atomic E-state index is 0.235. The van der Waals surface area contributed by atoms with Crippen LogP contribution in [0.2, 0.25) is 0 Å². The molecule has 106 valence electrons. The van der Waals surface area contributed by atoms with E-state index in [1.54, 1.807) is 13.3 Å². The summed E-state index contributed by atoms with van der Waals surface area (Å²) in [4.78, 5) is 4.24. The Bertz CT molecular complexity index is 561. The van der Waals surface area contributed by atoms with Gasteiger partial charge in [0.15, 0.2) is 0 Å². The Morgan fingerprint density at radius 2 is 1.80 bits per heavy atom. The Balaban J connectivity index is 2.23. The molecule has 0 fully saturated rings. The molecular weight excluding hydrogens is 248 g/mol. The number of benzene rings is 1. The van der Waals surface area contributed by atoms with Gasteiger partial charge in [0.1, 0.15) is 5.75 Å². The largest absolute Gasteiger partial charge is 0.495 e. The Labute approximate surface area is 121 Å². The van der Waals surface area contributed by atoms with E-state index in [0.29, 0.717) is 0 Å². The summed E-state index contributed by atoms with van der Waals surface area (Å²) in [5, 5.41) is 3.36. The number of pyridine rings is 1. The SMILES string of the molecule is CNC(Cc1cc(C)cc(C)c1)c1cncc(OC)c1. The number of hydrogen-bond donors (Lipinski definition) is 1. The van der Waals surface area contributed by atoms with E-state index in [1.807, 2.05) is 19.3 Å². The summed E-state index contributed by atoms with van der Waals surface area (Å²) in [6.07, 6.45) is 4.56. The number of ether oxygens (including phenoxy) is 1. The fourth-order valence-corrected chi connectivity index (χ4v) is 2.55. The summed E-state index contributed by atoms with van der Waals surface area (Å²) in [5.41, 5.74) is 5.09. The van der Waals surface area contributed by atoms with Crippen LogP contribution in [0.4, 0.5) is 0 Å². The number of hydrogen-bond acceptors (Lipinski definition) is 3. The van der Waals surface area contributed by atoms with Crippen LogP contribution in [0, 0.1) is 13.8 Å². The molecule has 0 aliphatic carbocycles. The first-order valence-corrected chi connectivity index (χ1v) is 6.85. The number of nitrogens with one attached hydrogen (secondary N) is 1. The van der Waals surface area contributed by atoms with E-state index in [2.05, 4.69) is 42.3 Å². The summed E-state index contributed by atoms with van der Waals surface area (Å²) in [7, 11) is 3.64. The molecule has 0 amide bonds. The highest BCUT2D eigenvalue weighted by molar-refractivity contribution is 5.32. The average molecular weight is 270 g/mol. The van der Waals surface area contributed by atoms with Gasteiger partial charge in [-0.2, -0.15) is 0 Å². The van der Waals surface area contributed by atoms with Crippen molar-refractivity contribution in [2.24, 2.45) is 0 Å². The Hall–Kier alpha value is -1.87. The van der Waals surface area contributed by atoms with Crippen molar-refractivity contribution in [3.05, 3.63) is 58.9 Å². The molecule has 0 saturated carbocycles. The number of aryl methyl sites for hydroxylation is 2. The molecule has 1 aromatic heterocycles. The molecule has 1 N–H and O–H groups in total. The smallest absolute Gasteiger partial charge is 0.137 e. The molecule has 0 spiro atoms. The predicted octanol–water partition coefficient (Wildman–Crippen LogP) is 3.21. The van der Waals surface area contributed by atoms with Crippen molar-refractivity contribution in [2.75, 3.05) is 14.2 Å². The number of nitrogens with zero attached hydrogens (tertiary/aromatic N) is 1. The fraction of sp³-hybridized carbons (Fsp3) is 0.353. The lowest BCUT2D eigenvalue weighted by Crippen LogP contribution is -2.19. The second-order valence-electron chi connectivity index (χ2n) is 5.20. The predicted molar refractivity (Wildman–Crippen MR) is 82.2 cm³/mol. The molecule has 1 heterocycles. The third-order valence-electron chi connectivity index (χ3n) is 3.44. The van der Waals surface area contributed by atoms with Gasteiger partial charge >= 0.3 is 0 Å². The molecule has 1 atom stereocenters. The topological polar surface area (TPSA) is 34.2 Å². The van der Waals surface area contributed by atoms with Gasteiger partial charge in [-0.05, 0) is 44.5 Å². The third-order valence-corrected chi connectivity index (χ3v) is 3.44. The molecule has 20 heavy (non-hydrogen) atoms.